The number of hydrogen-bond acceptors (Lipinski definition) is 19. The van der Waals surface area contributed by atoms with Crippen molar-refractivity contribution < 1.29 is 66.2 Å². The molecular formula is C66H71ClN11O14S+. The number of piperidine rings is 1. The van der Waals surface area contributed by atoms with E-state index in [1.165, 1.54) is 24.4 Å². The lowest BCUT2D eigenvalue weighted by Crippen LogP contribution is -2.54. The summed E-state index contributed by atoms with van der Waals surface area (Å²) in [5.41, 5.74) is 5.16. The number of sulfonamides is 1. The van der Waals surface area contributed by atoms with Crippen molar-refractivity contribution in [2.45, 2.75) is 43.2 Å². The Bertz CT molecular complexity index is 4060. The van der Waals surface area contributed by atoms with Crippen molar-refractivity contribution in [3.05, 3.63) is 154 Å². The van der Waals surface area contributed by atoms with Gasteiger partial charge >= 0.3 is 5.69 Å². The lowest BCUT2D eigenvalue weighted by molar-refractivity contribution is -0.729. The minimum Gasteiger partial charge on any atom is -0.493 e. The van der Waals surface area contributed by atoms with Gasteiger partial charge in [0.25, 0.3) is 32.7 Å². The fourth-order valence-corrected chi connectivity index (χ4v) is 13.4. The Morgan fingerprint density at radius 3 is 2.34 bits per heavy atom. The third-order valence-electron chi connectivity index (χ3n) is 17.3. The van der Waals surface area contributed by atoms with Gasteiger partial charge in [0, 0.05) is 137 Å². The van der Waals surface area contributed by atoms with E-state index in [-0.39, 0.29) is 52.6 Å². The number of nitrogens with one attached hydrogen (secondary N) is 5. The largest absolute Gasteiger partial charge is 0.493 e. The van der Waals surface area contributed by atoms with Gasteiger partial charge in [-0.3, -0.25) is 39.1 Å². The first kappa shape index (κ1) is 64.1. The number of likely N-dealkylation sites (tertiary alicyclic amines) is 1. The molecule has 0 saturated carbocycles. The monoisotopic (exact) mass is 1310 g/mol. The highest BCUT2D eigenvalue weighted by molar-refractivity contribution is 7.90. The molecule has 5 amide bonds. The van der Waals surface area contributed by atoms with Crippen LogP contribution >= 0.6 is 11.6 Å². The van der Waals surface area contributed by atoms with Crippen molar-refractivity contribution in [2.24, 2.45) is 11.8 Å². The van der Waals surface area contributed by atoms with Gasteiger partial charge in [0.2, 0.25) is 11.8 Å². The van der Waals surface area contributed by atoms with Crippen LogP contribution in [-0.4, -0.2) is 184 Å². The molecule has 7 heterocycles. The molecule has 27 heteroatoms. The summed E-state index contributed by atoms with van der Waals surface area (Å²) in [4.78, 5) is 91.8. The van der Waals surface area contributed by atoms with Crippen LogP contribution in [0.5, 0.6) is 17.2 Å². The maximum Gasteiger partial charge on any atom is 0.340 e. The molecular weight excluding hydrogens is 1240 g/mol. The van der Waals surface area contributed by atoms with Gasteiger partial charge in [-0.05, 0) is 103 Å². The van der Waals surface area contributed by atoms with Gasteiger partial charge in [0.05, 0.1) is 65.7 Å². The molecule has 0 bridgehead atoms. The number of nitrogens with zero attached hydrogens (tertiary/aromatic N) is 6. The third-order valence-corrected chi connectivity index (χ3v) is 18.9. The molecule has 1 atom stereocenters. The molecule has 0 radical (unpaired) electrons. The smallest absolute Gasteiger partial charge is 0.340 e. The summed E-state index contributed by atoms with van der Waals surface area (Å²) in [5, 5.41) is 20.0. The molecule has 4 saturated heterocycles. The molecule has 4 fully saturated rings. The minimum atomic E-state index is -4.60. The van der Waals surface area contributed by atoms with Crippen molar-refractivity contribution in [3.8, 4) is 28.4 Å². The van der Waals surface area contributed by atoms with Gasteiger partial charge in [0.1, 0.15) is 34.6 Å². The van der Waals surface area contributed by atoms with Gasteiger partial charge in [-0.2, -0.15) is 0 Å². The van der Waals surface area contributed by atoms with E-state index in [1.54, 1.807) is 42.6 Å². The van der Waals surface area contributed by atoms with Crippen LogP contribution in [0.2, 0.25) is 5.02 Å². The van der Waals surface area contributed by atoms with Crippen LogP contribution in [0.4, 0.5) is 22.7 Å². The number of halogens is 1. The van der Waals surface area contributed by atoms with Crippen LogP contribution in [0.3, 0.4) is 0 Å². The van der Waals surface area contributed by atoms with E-state index in [2.05, 4.69) is 51.4 Å². The van der Waals surface area contributed by atoms with Gasteiger partial charge < -0.3 is 49.1 Å². The highest BCUT2D eigenvalue weighted by atomic mass is 35.5. The minimum absolute atomic E-state index is 0.0446. The van der Waals surface area contributed by atoms with Crippen molar-refractivity contribution in [1.82, 2.24) is 34.7 Å². The highest BCUT2D eigenvalue weighted by Gasteiger charge is 2.46. The zero-order valence-electron chi connectivity index (χ0n) is 50.9. The van der Waals surface area contributed by atoms with Crippen LogP contribution < -0.4 is 35.0 Å². The third kappa shape index (κ3) is 15.1. The number of aromatic amines is 1. The predicted octanol–water partition coefficient (Wildman–Crippen LogP) is 7.61. The molecule has 1 unspecified atom stereocenters. The number of amides is 5. The molecule has 0 spiro atoms. The first-order valence-corrected chi connectivity index (χ1v) is 32.9. The maximum atomic E-state index is 14.2. The lowest BCUT2D eigenvalue weighted by atomic mass is 9.97. The molecule has 0 aliphatic carbocycles. The maximum absolute atomic E-state index is 14.2. The van der Waals surface area contributed by atoms with Crippen molar-refractivity contribution in [3.63, 3.8) is 0 Å². The summed E-state index contributed by atoms with van der Waals surface area (Å²) in [6.07, 6.45) is 5.01. The van der Waals surface area contributed by atoms with Gasteiger partial charge in [-0.15, -0.1) is 0 Å². The topological polar surface area (TPSA) is 296 Å². The Labute approximate surface area is 541 Å². The average Bonchev–Trinajstić information content (AvgIpc) is 1.64. The number of imide groups is 2. The number of anilines is 3. The van der Waals surface area contributed by atoms with Crippen LogP contribution in [0, 0.1) is 16.7 Å². The zero-order chi connectivity index (χ0) is 64.6. The summed E-state index contributed by atoms with van der Waals surface area (Å²) in [7, 11) is -4.60. The highest BCUT2D eigenvalue weighted by Crippen LogP contribution is 2.38. The van der Waals surface area contributed by atoms with Crippen LogP contribution in [-0.2, 0) is 40.4 Å². The number of fused-ring (bicyclic) bond motifs is 2. The van der Waals surface area contributed by atoms with E-state index in [4.69, 9.17) is 35.3 Å². The van der Waals surface area contributed by atoms with Gasteiger partial charge in [0.15, 0.2) is 0 Å². The molecule has 486 valence electrons. The number of H-pyrrole nitrogens is 1. The van der Waals surface area contributed by atoms with Crippen molar-refractivity contribution in [2.75, 3.05) is 121 Å². The van der Waals surface area contributed by atoms with Crippen molar-refractivity contribution in [1.29, 1.82) is 0 Å². The van der Waals surface area contributed by atoms with Crippen molar-refractivity contribution >= 4 is 84.9 Å². The second kappa shape index (κ2) is 28.9. The first-order valence-electron chi connectivity index (χ1n) is 31.0. The molecule has 7 aromatic rings. The summed E-state index contributed by atoms with van der Waals surface area (Å²) in [5.74, 6) is -1.43. The molecule has 5 aliphatic heterocycles. The Morgan fingerprint density at radius 1 is 0.785 bits per heavy atom. The summed E-state index contributed by atoms with van der Waals surface area (Å²) >= 11 is 6.36. The fourth-order valence-electron chi connectivity index (χ4n) is 12.3. The standard InChI is InChI=1S/C66H70ClN11O14S/c67-46-9-7-44(8-10-46)50-3-2-6-58(91-41-43-38-75(39-43)26-30-90-32-31-89-29-21-68-55-5-1-4-52-61(55)66(83)77(65(52)82)56-15-16-60(79)72-64(56)81)53(50)40-74-22-24-76(25-23-74)47-11-13-51(59(34-47)92-48-33-45-17-20-69-62(45)71-37-48)63(80)73-93(86,87)49-12-14-54(57(35-49)78(84)85)70-36-42-18-27-88-28-19-42/h1-14,17,20,33-35,37,42-43,56,70H,15-16,18-19,21-32,36,38-41H2,(H4-,68,69,71,72,73,79,80,81,83,84,85)/p+1. The molecule has 5 aromatic carbocycles. The zero-order valence-corrected chi connectivity index (χ0v) is 52.4. The number of piperazine rings is 1. The summed E-state index contributed by atoms with van der Waals surface area (Å²) in [6, 6.07) is 30.0. The number of rotatable bonds is 27. The van der Waals surface area contributed by atoms with Crippen LogP contribution in [0.1, 0.15) is 62.3 Å². The normalized spacial score (nSPS) is 17.5. The predicted molar refractivity (Wildman–Crippen MR) is 344 cm³/mol. The Morgan fingerprint density at radius 2 is 1.56 bits per heavy atom. The first-order chi connectivity index (χ1) is 45.1. The van der Waals surface area contributed by atoms with E-state index >= 15 is 0 Å². The number of carbonyl (C=O) groups is 5. The molecule has 2 aromatic heterocycles. The number of aromatic nitrogens is 2. The van der Waals surface area contributed by atoms with E-state index < -0.39 is 55.4 Å². The number of hydrogen-bond donors (Lipinski definition) is 6. The summed E-state index contributed by atoms with van der Waals surface area (Å²) < 4.78 is 60.1. The van der Waals surface area contributed by atoms with E-state index in [1.807, 2.05) is 42.5 Å². The number of carbonyl (C=O) groups excluding carboxylic acids is 5. The second-order valence-corrected chi connectivity index (χ2v) is 25.6. The lowest BCUT2D eigenvalue weighted by Gasteiger charge is -2.39. The number of pyridine rings is 1. The fraction of sp³-hybridized carbons (Fsp3) is 0.364. The van der Waals surface area contributed by atoms with Gasteiger partial charge in [-0.25, -0.2) is 23.3 Å². The van der Waals surface area contributed by atoms with E-state index in [0.717, 1.165) is 77.0 Å². The number of benzene rings is 5. The molecule has 6 N–H and O–H groups in total. The molecule has 93 heavy (non-hydrogen) atoms. The SMILES string of the molecule is O=C1CCC(N2C(=O)c3cccc(NCCOCCOCCN4CC(COc5cccc(-c6ccc(Cl)cc6)c5CN5CCN(c6ccc(C(=O)NS(=O)(=O)c7ccc(NCC8CCOCC8)c([N+](=O)O)c7)c(Oc7cnc8[nH]ccc8c7)c6)CC5)C4)c3C2=O)C(=O)N1. The molecule has 25 nitrogen and oxygen atoms in total. The Hall–Kier alpha value is -9.02. The second-order valence-electron chi connectivity index (χ2n) is 23.5. The van der Waals surface area contributed by atoms with Crippen LogP contribution in [0.15, 0.2) is 126 Å². The van der Waals surface area contributed by atoms with E-state index in [9.17, 15) is 42.5 Å². The quantitative estimate of drug-likeness (QED) is 0.0164. The Kier molecular flexibility index (Phi) is 19.9. The summed E-state index contributed by atoms with van der Waals surface area (Å²) in [6.45, 7) is 9.84. The van der Waals surface area contributed by atoms with Crippen LogP contribution in [0.25, 0.3) is 22.2 Å². The molecule has 12 rings (SSSR count). The van der Waals surface area contributed by atoms with E-state index in [0.29, 0.717) is 120 Å². The molecule has 5 aliphatic rings. The van der Waals surface area contributed by atoms with Gasteiger partial charge in [-0.1, -0.05) is 41.9 Å². The average molecular weight is 1310 g/mol. The Balaban J connectivity index is 0.628. The number of ether oxygens (including phenoxy) is 5.